The molecule has 0 radical (unpaired) electrons. The average molecular weight is 1020 g/mol. The fraction of sp³-hybridized carbons (Fsp3) is 0.400. The number of hydrogen-bond acceptors (Lipinski definition) is 10. The normalized spacial score (nSPS) is 17.4. The summed E-state index contributed by atoms with van der Waals surface area (Å²) in [5.41, 5.74) is 6.24. The second-order valence-electron chi connectivity index (χ2n) is 19.9. The van der Waals surface area contributed by atoms with Crippen molar-refractivity contribution in [3.63, 3.8) is 0 Å². The molecule has 378 valence electrons. The number of nitrogens with zero attached hydrogens (tertiary/aromatic N) is 5. The molecule has 4 atom stereocenters. The number of benzene rings is 4. The van der Waals surface area contributed by atoms with Crippen LogP contribution in [-0.2, 0) is 28.7 Å². The van der Waals surface area contributed by atoms with E-state index in [0.717, 1.165) is 27.3 Å². The minimum Gasteiger partial charge on any atom is -0.491 e. The molecule has 72 heavy (non-hydrogen) atoms. The van der Waals surface area contributed by atoms with Crippen LogP contribution in [0.1, 0.15) is 77.7 Å². The second kappa shape index (κ2) is 22.5. The van der Waals surface area contributed by atoms with Gasteiger partial charge in [0, 0.05) is 23.5 Å². The van der Waals surface area contributed by atoms with Crippen LogP contribution >= 0.6 is 23.6 Å². The van der Waals surface area contributed by atoms with Crippen molar-refractivity contribution in [1.29, 1.82) is 0 Å². The molecule has 4 amide bonds. The highest BCUT2D eigenvalue weighted by atomic mass is 32.1. The van der Waals surface area contributed by atoms with E-state index in [0.29, 0.717) is 46.9 Å². The molecule has 5 aromatic rings. The number of likely N-dealkylation sites (tertiary alicyclic amines) is 1. The number of carbonyl (C=O) groups excluding carboxylic acids is 4. The lowest BCUT2D eigenvalue weighted by Crippen LogP contribution is -2.58. The summed E-state index contributed by atoms with van der Waals surface area (Å²) in [6, 6.07) is 23.1. The van der Waals surface area contributed by atoms with Gasteiger partial charge in [0.15, 0.2) is 10.8 Å². The van der Waals surface area contributed by atoms with Crippen LogP contribution in [0, 0.1) is 37.6 Å². The third-order valence-electron chi connectivity index (χ3n) is 13.0. The zero-order valence-corrected chi connectivity index (χ0v) is 43.8. The Bertz CT molecular complexity index is 2860. The van der Waals surface area contributed by atoms with Gasteiger partial charge in [-0.25, -0.2) is 14.2 Å². The van der Waals surface area contributed by atoms with Gasteiger partial charge in [0.25, 0.3) is 5.91 Å². The fourth-order valence-corrected chi connectivity index (χ4v) is 10.4. The van der Waals surface area contributed by atoms with Gasteiger partial charge in [0.05, 0.1) is 48.5 Å². The lowest BCUT2D eigenvalue weighted by Gasteiger charge is -2.35. The maximum absolute atomic E-state index is 15.8. The van der Waals surface area contributed by atoms with Gasteiger partial charge >= 0.3 is 0 Å². The highest BCUT2D eigenvalue weighted by Gasteiger charge is 2.50. The SMILES string of the molecule is [C-]#[N+]c1ccc(N2C(=O)C(C)(C)N(c3ccc(-c4ccc(OCCOCCOCC(=O)N[C@H](C(=O)N5C[C@H](C)C[C@H]5C(=O)N[C@@H](C)c5ccc(-c6scnc6C)cc5)C(C)(C)C)cc4)c(F)c3)C2=S)cc1C. The van der Waals surface area contributed by atoms with Gasteiger partial charge in [-0.05, 0) is 129 Å². The number of hydrogen-bond donors (Lipinski definition) is 2. The summed E-state index contributed by atoms with van der Waals surface area (Å²) in [5.74, 6) is -1.09. The number of aryl methyl sites for hydroxylation is 2. The molecule has 2 aliphatic heterocycles. The van der Waals surface area contributed by atoms with Gasteiger partial charge in [-0.1, -0.05) is 70.2 Å². The number of amides is 4. The first-order valence-corrected chi connectivity index (χ1v) is 25.2. The predicted molar refractivity (Wildman–Crippen MR) is 283 cm³/mol. The summed E-state index contributed by atoms with van der Waals surface area (Å²) in [5, 5.41) is 6.21. The largest absolute Gasteiger partial charge is 0.491 e. The molecule has 1 aromatic heterocycles. The first kappa shape index (κ1) is 53.2. The van der Waals surface area contributed by atoms with E-state index in [2.05, 4.69) is 20.5 Å². The minimum atomic E-state index is -1.10. The number of ether oxygens (including phenoxy) is 3. The Hall–Kier alpha value is -6.58. The number of thiocarbonyl (C=S) groups is 1. The van der Waals surface area contributed by atoms with Crippen molar-refractivity contribution in [3.05, 3.63) is 124 Å². The first-order valence-electron chi connectivity index (χ1n) is 23.9. The number of anilines is 2. The number of rotatable bonds is 18. The van der Waals surface area contributed by atoms with Gasteiger partial charge in [0.1, 0.15) is 42.4 Å². The van der Waals surface area contributed by atoms with Crippen LogP contribution in [0.2, 0.25) is 0 Å². The smallest absolute Gasteiger partial charge is 0.259 e. The molecule has 17 heteroatoms. The van der Waals surface area contributed by atoms with E-state index in [4.69, 9.17) is 33.0 Å². The number of nitrogens with one attached hydrogen (secondary N) is 2. The van der Waals surface area contributed by atoms with Crippen LogP contribution in [0.4, 0.5) is 21.5 Å². The quantitative estimate of drug-likeness (QED) is 0.0494. The molecule has 0 spiro atoms. The molecular weight excluding hydrogens is 954 g/mol. The van der Waals surface area contributed by atoms with E-state index in [1.54, 1.807) is 96.5 Å². The molecule has 2 saturated heterocycles. The molecule has 2 aliphatic rings. The molecular formula is C55H62FN7O7S2. The maximum atomic E-state index is 15.8. The Morgan fingerprint density at radius 2 is 1.60 bits per heavy atom. The van der Waals surface area contributed by atoms with Crippen LogP contribution in [-0.4, -0.2) is 95.8 Å². The molecule has 7 rings (SSSR count). The average Bonchev–Trinajstić information content (AvgIpc) is 4.00. The van der Waals surface area contributed by atoms with Crippen LogP contribution in [0.3, 0.4) is 0 Å². The Balaban J connectivity index is 0.832. The molecule has 3 heterocycles. The van der Waals surface area contributed by atoms with Crippen molar-refractivity contribution in [3.8, 4) is 27.3 Å². The zero-order chi connectivity index (χ0) is 52.1. The molecule has 14 nitrogen and oxygen atoms in total. The summed E-state index contributed by atoms with van der Waals surface area (Å²) in [7, 11) is 0. The van der Waals surface area contributed by atoms with E-state index >= 15 is 4.39 Å². The molecule has 4 aromatic carbocycles. The van der Waals surface area contributed by atoms with Gasteiger partial charge in [0.2, 0.25) is 17.7 Å². The second-order valence-corrected chi connectivity index (χ2v) is 21.2. The minimum absolute atomic E-state index is 0.0979. The third-order valence-corrected chi connectivity index (χ3v) is 14.3. The van der Waals surface area contributed by atoms with E-state index < -0.39 is 34.8 Å². The standard InChI is InChI=1S/C55H62FN7O7S2/c1-33-27-46(50(65)59-35(3)37-11-13-39(14-12-37)48-36(4)58-32-72-48)61(30-33)51(66)49(54(5,6)7)60-47(64)31-69-24-23-68-25-26-70-42-19-15-38(16-20-42)43-21-17-41(29-44(43)56)63-53(71)62(52(67)55(63,8)9)40-18-22-45(57-10)34(2)28-40/h11-22,28-29,32-33,35,46,49H,23-27,30-31H2,1-9H3,(H,59,65)(H,60,64)/t33-,35+,46+,49-/m1/s1. The first-order chi connectivity index (χ1) is 34.2. The summed E-state index contributed by atoms with van der Waals surface area (Å²) in [6.45, 7) is 25.1. The van der Waals surface area contributed by atoms with Crippen LogP contribution < -0.4 is 25.2 Å². The van der Waals surface area contributed by atoms with E-state index in [-0.39, 0.29) is 67.8 Å². The monoisotopic (exact) mass is 1020 g/mol. The van der Waals surface area contributed by atoms with Crippen LogP contribution in [0.25, 0.3) is 26.4 Å². The zero-order valence-electron chi connectivity index (χ0n) is 42.2. The van der Waals surface area contributed by atoms with Gasteiger partial charge in [-0.15, -0.1) is 11.3 Å². The Morgan fingerprint density at radius 3 is 2.24 bits per heavy atom. The fourth-order valence-electron chi connectivity index (χ4n) is 9.02. The van der Waals surface area contributed by atoms with Crippen LogP contribution in [0.5, 0.6) is 5.75 Å². The predicted octanol–water partition coefficient (Wildman–Crippen LogP) is 9.76. The molecule has 0 bridgehead atoms. The van der Waals surface area contributed by atoms with E-state index in [1.165, 1.54) is 11.0 Å². The van der Waals surface area contributed by atoms with Crippen molar-refractivity contribution >= 4 is 69.4 Å². The third kappa shape index (κ3) is 11.8. The summed E-state index contributed by atoms with van der Waals surface area (Å²) >= 11 is 7.37. The molecule has 0 saturated carbocycles. The summed E-state index contributed by atoms with van der Waals surface area (Å²) in [4.78, 5) is 68.4. The lowest BCUT2D eigenvalue weighted by molar-refractivity contribution is -0.144. The van der Waals surface area contributed by atoms with Gasteiger partial charge < -0.3 is 34.6 Å². The Morgan fingerprint density at radius 1 is 0.931 bits per heavy atom. The molecule has 2 N–H and O–H groups in total. The highest BCUT2D eigenvalue weighted by molar-refractivity contribution is 7.81. The lowest BCUT2D eigenvalue weighted by atomic mass is 9.85. The van der Waals surface area contributed by atoms with Crippen molar-refractivity contribution in [2.45, 2.75) is 92.4 Å². The summed E-state index contributed by atoms with van der Waals surface area (Å²) in [6.07, 6.45) is 0.515. The number of thiazole rings is 1. The van der Waals surface area contributed by atoms with Gasteiger partial charge in [-0.2, -0.15) is 0 Å². The Kier molecular flexibility index (Phi) is 16.6. The van der Waals surface area contributed by atoms with E-state index in [1.807, 2.05) is 71.3 Å². The van der Waals surface area contributed by atoms with Gasteiger partial charge in [-0.3, -0.25) is 24.1 Å². The van der Waals surface area contributed by atoms with Crippen molar-refractivity contribution in [2.75, 3.05) is 49.4 Å². The molecule has 0 aliphatic carbocycles. The van der Waals surface area contributed by atoms with Crippen molar-refractivity contribution < 1.29 is 37.8 Å². The topological polar surface area (TPSA) is 147 Å². The van der Waals surface area contributed by atoms with Crippen molar-refractivity contribution in [2.24, 2.45) is 11.3 Å². The maximum Gasteiger partial charge on any atom is 0.259 e. The highest BCUT2D eigenvalue weighted by Crippen LogP contribution is 2.39. The molecule has 2 fully saturated rings. The number of carbonyl (C=O) groups is 4. The van der Waals surface area contributed by atoms with Crippen LogP contribution in [0.15, 0.2) is 90.4 Å². The number of aromatic nitrogens is 1. The van der Waals surface area contributed by atoms with Crippen molar-refractivity contribution in [1.82, 2.24) is 20.5 Å². The molecule has 0 unspecified atom stereocenters. The number of halogens is 1. The Labute approximate surface area is 430 Å². The summed E-state index contributed by atoms with van der Waals surface area (Å²) < 4.78 is 32.9. The van der Waals surface area contributed by atoms with E-state index in [9.17, 15) is 19.2 Å².